The summed E-state index contributed by atoms with van der Waals surface area (Å²) in [6, 6.07) is 5.59. The molecule has 0 bridgehead atoms. The smallest absolute Gasteiger partial charge is 0.341 e. The molecular formula is C12H11ClN2O3. The van der Waals surface area contributed by atoms with Gasteiger partial charge in [0.05, 0.1) is 6.04 Å². The molecule has 2 N–H and O–H groups in total. The topological polar surface area (TPSA) is 78.8 Å². The van der Waals surface area contributed by atoms with E-state index in [-0.39, 0.29) is 5.71 Å². The van der Waals surface area contributed by atoms with Crippen LogP contribution in [-0.4, -0.2) is 22.8 Å². The van der Waals surface area contributed by atoms with E-state index in [1.807, 2.05) is 0 Å². The van der Waals surface area contributed by atoms with E-state index in [0.717, 1.165) is 0 Å². The number of amides is 2. The Morgan fingerprint density at radius 3 is 2.83 bits per heavy atom. The maximum atomic E-state index is 11.4. The zero-order valence-corrected chi connectivity index (χ0v) is 10.3. The van der Waals surface area contributed by atoms with Crippen molar-refractivity contribution in [1.29, 1.82) is 0 Å². The first-order valence-corrected chi connectivity index (χ1v) is 5.71. The predicted octanol–water partition coefficient (Wildman–Crippen LogP) is 2.27. The molecule has 2 rings (SSSR count). The van der Waals surface area contributed by atoms with Gasteiger partial charge in [0.15, 0.2) is 0 Å². The molecule has 1 heterocycles. The van der Waals surface area contributed by atoms with Gasteiger partial charge in [-0.05, 0) is 24.6 Å². The van der Waals surface area contributed by atoms with Crippen LogP contribution in [-0.2, 0) is 4.79 Å². The molecule has 0 fully saturated rings. The van der Waals surface area contributed by atoms with E-state index in [1.54, 1.807) is 24.3 Å². The SMILES string of the molecule is CC1=NC(=O)NC(c2cccc(Cl)c2)C1C(=O)O. The van der Waals surface area contributed by atoms with Crippen LogP contribution in [0.3, 0.4) is 0 Å². The Kier molecular flexibility index (Phi) is 3.34. The predicted molar refractivity (Wildman–Crippen MR) is 67.0 cm³/mol. The first kappa shape index (κ1) is 12.6. The second-order valence-corrected chi connectivity index (χ2v) is 4.49. The molecule has 2 amide bonds. The Labute approximate surface area is 108 Å². The summed E-state index contributed by atoms with van der Waals surface area (Å²) in [5, 5.41) is 12.3. The van der Waals surface area contributed by atoms with E-state index in [0.29, 0.717) is 10.6 Å². The molecule has 94 valence electrons. The number of rotatable bonds is 2. The van der Waals surface area contributed by atoms with Gasteiger partial charge in [-0.3, -0.25) is 4.79 Å². The Morgan fingerprint density at radius 1 is 1.50 bits per heavy atom. The third-order valence-electron chi connectivity index (χ3n) is 2.81. The molecular weight excluding hydrogens is 256 g/mol. The van der Waals surface area contributed by atoms with Crippen molar-refractivity contribution >= 4 is 29.3 Å². The van der Waals surface area contributed by atoms with Gasteiger partial charge in [-0.2, -0.15) is 0 Å². The van der Waals surface area contributed by atoms with E-state index in [1.165, 1.54) is 6.92 Å². The van der Waals surface area contributed by atoms with Crippen LogP contribution in [0.15, 0.2) is 29.3 Å². The standard InChI is InChI=1S/C12H11ClN2O3/c1-6-9(11(16)17)10(15-12(18)14-6)7-3-2-4-8(13)5-7/h2-5,9-10H,1H3,(H,15,18)(H,16,17). The van der Waals surface area contributed by atoms with Gasteiger partial charge < -0.3 is 10.4 Å². The van der Waals surface area contributed by atoms with E-state index in [4.69, 9.17) is 11.6 Å². The van der Waals surface area contributed by atoms with E-state index in [9.17, 15) is 14.7 Å². The van der Waals surface area contributed by atoms with Crippen molar-refractivity contribution in [3.63, 3.8) is 0 Å². The number of halogens is 1. The number of carbonyl (C=O) groups is 2. The maximum absolute atomic E-state index is 11.4. The highest BCUT2D eigenvalue weighted by Crippen LogP contribution is 2.28. The van der Waals surface area contributed by atoms with Crippen molar-refractivity contribution < 1.29 is 14.7 Å². The van der Waals surface area contributed by atoms with Crippen molar-refractivity contribution in [3.8, 4) is 0 Å². The number of carboxylic acid groups (broad SMARTS) is 1. The molecule has 0 spiro atoms. The van der Waals surface area contributed by atoms with Crippen molar-refractivity contribution in [2.24, 2.45) is 10.9 Å². The van der Waals surface area contributed by atoms with E-state index < -0.39 is 24.0 Å². The minimum atomic E-state index is -1.03. The van der Waals surface area contributed by atoms with Crippen molar-refractivity contribution in [3.05, 3.63) is 34.9 Å². The van der Waals surface area contributed by atoms with Gasteiger partial charge in [0.25, 0.3) is 0 Å². The molecule has 0 saturated heterocycles. The highest BCUT2D eigenvalue weighted by atomic mass is 35.5. The number of urea groups is 1. The highest BCUT2D eigenvalue weighted by molar-refractivity contribution is 6.30. The van der Waals surface area contributed by atoms with Crippen molar-refractivity contribution in [2.45, 2.75) is 13.0 Å². The van der Waals surface area contributed by atoms with Gasteiger partial charge in [-0.1, -0.05) is 23.7 Å². The summed E-state index contributed by atoms with van der Waals surface area (Å²) in [5.41, 5.74) is 0.939. The molecule has 0 radical (unpaired) electrons. The van der Waals surface area contributed by atoms with Gasteiger partial charge in [0, 0.05) is 10.7 Å². The van der Waals surface area contributed by atoms with Crippen LogP contribution in [0.25, 0.3) is 0 Å². The first-order valence-electron chi connectivity index (χ1n) is 5.33. The summed E-state index contributed by atoms with van der Waals surface area (Å²) in [5.74, 6) is -1.90. The monoisotopic (exact) mass is 266 g/mol. The average Bonchev–Trinajstić information content (AvgIpc) is 2.27. The Bertz CT molecular complexity index is 542. The second-order valence-electron chi connectivity index (χ2n) is 4.05. The number of aliphatic carboxylic acids is 1. The van der Waals surface area contributed by atoms with Crippen LogP contribution in [0.5, 0.6) is 0 Å². The molecule has 18 heavy (non-hydrogen) atoms. The van der Waals surface area contributed by atoms with Crippen molar-refractivity contribution in [1.82, 2.24) is 5.32 Å². The van der Waals surface area contributed by atoms with Gasteiger partial charge in [-0.15, -0.1) is 0 Å². The fourth-order valence-electron chi connectivity index (χ4n) is 2.02. The van der Waals surface area contributed by atoms with Crippen molar-refractivity contribution in [2.75, 3.05) is 0 Å². The number of nitrogens with one attached hydrogen (secondary N) is 1. The Morgan fingerprint density at radius 2 is 2.22 bits per heavy atom. The summed E-state index contributed by atoms with van der Waals surface area (Å²) in [7, 11) is 0. The lowest BCUT2D eigenvalue weighted by molar-refractivity contribution is -0.140. The van der Waals surface area contributed by atoms with Gasteiger partial charge in [-0.25, -0.2) is 9.79 Å². The molecule has 1 aromatic carbocycles. The fourth-order valence-corrected chi connectivity index (χ4v) is 2.22. The summed E-state index contributed by atoms with van der Waals surface area (Å²) in [6.07, 6.45) is 0. The van der Waals surface area contributed by atoms with Crippen LogP contribution < -0.4 is 5.32 Å². The number of hydrogen-bond donors (Lipinski definition) is 2. The number of carboxylic acids is 1. The molecule has 1 aliphatic rings. The molecule has 0 aromatic heterocycles. The maximum Gasteiger partial charge on any atom is 0.341 e. The summed E-state index contributed by atoms with van der Waals surface area (Å²) >= 11 is 5.87. The lowest BCUT2D eigenvalue weighted by Gasteiger charge is -2.28. The lowest BCUT2D eigenvalue weighted by atomic mass is 9.88. The molecule has 0 saturated carbocycles. The van der Waals surface area contributed by atoms with E-state index >= 15 is 0 Å². The summed E-state index contributed by atoms with van der Waals surface area (Å²) in [6.45, 7) is 1.54. The molecule has 5 nitrogen and oxygen atoms in total. The van der Waals surface area contributed by atoms with Crippen LogP contribution in [0, 0.1) is 5.92 Å². The number of hydrogen-bond acceptors (Lipinski definition) is 2. The van der Waals surface area contributed by atoms with E-state index in [2.05, 4.69) is 10.3 Å². The number of benzene rings is 1. The number of nitrogens with zero attached hydrogens (tertiary/aromatic N) is 1. The second kappa shape index (κ2) is 4.78. The summed E-state index contributed by atoms with van der Waals surface area (Å²) < 4.78 is 0. The largest absolute Gasteiger partial charge is 0.481 e. The zero-order chi connectivity index (χ0) is 13.3. The van der Waals surface area contributed by atoms with Crippen LogP contribution in [0.1, 0.15) is 18.5 Å². The molecule has 2 unspecified atom stereocenters. The average molecular weight is 267 g/mol. The number of carbonyl (C=O) groups excluding carboxylic acids is 1. The van der Waals surface area contributed by atoms with Gasteiger partial charge >= 0.3 is 12.0 Å². The summed E-state index contributed by atoms with van der Waals surface area (Å²) in [4.78, 5) is 26.3. The van der Waals surface area contributed by atoms with Gasteiger partial charge in [0.2, 0.25) is 0 Å². The zero-order valence-electron chi connectivity index (χ0n) is 9.55. The normalized spacial score (nSPS) is 23.2. The highest BCUT2D eigenvalue weighted by Gasteiger charge is 2.36. The fraction of sp³-hybridized carbons (Fsp3) is 0.250. The molecule has 1 aliphatic heterocycles. The molecule has 6 heteroatoms. The third kappa shape index (κ3) is 2.36. The Hall–Kier alpha value is -1.88. The van der Waals surface area contributed by atoms with Gasteiger partial charge in [0.1, 0.15) is 5.92 Å². The molecule has 0 aliphatic carbocycles. The third-order valence-corrected chi connectivity index (χ3v) is 3.05. The Balaban J connectivity index is 2.44. The van der Waals surface area contributed by atoms with Crippen LogP contribution >= 0.6 is 11.6 Å². The minimum absolute atomic E-state index is 0.288. The lowest BCUT2D eigenvalue weighted by Crippen LogP contribution is -2.43. The van der Waals surface area contributed by atoms with Crippen LogP contribution in [0.2, 0.25) is 5.02 Å². The first-order chi connectivity index (χ1) is 8.49. The van der Waals surface area contributed by atoms with Crippen LogP contribution in [0.4, 0.5) is 4.79 Å². The minimum Gasteiger partial charge on any atom is -0.481 e. The molecule has 1 aromatic rings. The quantitative estimate of drug-likeness (QED) is 0.862. The molecule has 2 atom stereocenters. The number of aliphatic imine (C=N–C) groups is 1.